The maximum absolute atomic E-state index is 12.9. The van der Waals surface area contributed by atoms with E-state index < -0.39 is 0 Å². The molecule has 23 heavy (non-hydrogen) atoms. The van der Waals surface area contributed by atoms with Crippen LogP contribution in [0.15, 0.2) is 42.5 Å². The van der Waals surface area contributed by atoms with Gasteiger partial charge in [-0.3, -0.25) is 4.79 Å². The lowest BCUT2D eigenvalue weighted by Gasteiger charge is -2.16. The first kappa shape index (κ1) is 16.9. The van der Waals surface area contributed by atoms with Crippen molar-refractivity contribution in [1.82, 2.24) is 0 Å². The van der Waals surface area contributed by atoms with E-state index in [1.807, 2.05) is 31.2 Å². The van der Waals surface area contributed by atoms with Gasteiger partial charge in [0.05, 0.1) is 21.3 Å². The van der Waals surface area contributed by atoms with E-state index in [0.717, 1.165) is 11.3 Å². The lowest BCUT2D eigenvalue weighted by molar-refractivity contribution is 0.0957. The van der Waals surface area contributed by atoms with Crippen molar-refractivity contribution >= 4 is 5.78 Å². The highest BCUT2D eigenvalue weighted by Crippen LogP contribution is 2.32. The number of rotatable bonds is 7. The Labute approximate surface area is 137 Å². The number of ketones is 1. The summed E-state index contributed by atoms with van der Waals surface area (Å²) in [5.41, 5.74) is 1.56. The lowest BCUT2D eigenvalue weighted by atomic mass is 9.88. The van der Waals surface area contributed by atoms with Crippen molar-refractivity contribution in [2.45, 2.75) is 19.3 Å². The number of carbonyl (C=O) groups is 1. The fraction of sp³-hybridized carbons (Fsp3) is 0.316. The maximum atomic E-state index is 12.9. The molecule has 0 aliphatic heterocycles. The Morgan fingerprint density at radius 3 is 2.30 bits per heavy atom. The number of hydrogen-bond acceptors (Lipinski definition) is 4. The van der Waals surface area contributed by atoms with E-state index in [4.69, 9.17) is 14.2 Å². The zero-order chi connectivity index (χ0) is 16.8. The molecule has 0 heterocycles. The van der Waals surface area contributed by atoms with Crippen molar-refractivity contribution in [3.63, 3.8) is 0 Å². The largest absolute Gasteiger partial charge is 0.497 e. The third-order valence-electron chi connectivity index (χ3n) is 3.89. The zero-order valence-corrected chi connectivity index (χ0v) is 14.0. The molecule has 0 aliphatic rings. The van der Waals surface area contributed by atoms with E-state index in [1.165, 1.54) is 0 Å². The van der Waals surface area contributed by atoms with Crippen LogP contribution in [0.25, 0.3) is 0 Å². The van der Waals surface area contributed by atoms with Gasteiger partial charge in [-0.05, 0) is 42.3 Å². The van der Waals surface area contributed by atoms with Gasteiger partial charge >= 0.3 is 0 Å². The van der Waals surface area contributed by atoms with Crippen LogP contribution in [0, 0.1) is 0 Å². The molecule has 0 fully saturated rings. The summed E-state index contributed by atoms with van der Waals surface area (Å²) in [6.45, 7) is 2.00. The Bertz CT molecular complexity index is 679. The van der Waals surface area contributed by atoms with Crippen molar-refractivity contribution < 1.29 is 19.0 Å². The Kier molecular flexibility index (Phi) is 5.63. The van der Waals surface area contributed by atoms with Crippen LogP contribution in [-0.2, 0) is 0 Å². The van der Waals surface area contributed by atoms with Crippen LogP contribution in [-0.4, -0.2) is 27.1 Å². The number of hydrogen-bond donors (Lipinski definition) is 0. The highest BCUT2D eigenvalue weighted by atomic mass is 16.5. The number of carbonyl (C=O) groups excluding carboxylic acids is 1. The molecule has 4 nitrogen and oxygen atoms in total. The van der Waals surface area contributed by atoms with Crippen LogP contribution in [0.1, 0.15) is 35.2 Å². The summed E-state index contributed by atoms with van der Waals surface area (Å²) < 4.78 is 15.8. The third kappa shape index (κ3) is 3.65. The number of Topliss-reactive ketones (excluding diaryl/α,β-unsaturated/α-hetero) is 1. The molecule has 0 aromatic heterocycles. The minimum absolute atomic E-state index is 0.0571. The molecule has 0 amide bonds. The van der Waals surface area contributed by atoms with E-state index in [-0.39, 0.29) is 11.7 Å². The zero-order valence-electron chi connectivity index (χ0n) is 14.0. The lowest BCUT2D eigenvalue weighted by Crippen LogP contribution is -2.12. The summed E-state index contributed by atoms with van der Waals surface area (Å²) >= 11 is 0. The van der Waals surface area contributed by atoms with Gasteiger partial charge in [0.1, 0.15) is 5.75 Å². The standard InChI is InChI=1S/C19H22O4/c1-5-16(13-7-6-8-15(11-13)21-2)19(20)14-9-10-17(22-3)18(12-14)23-4/h6-12,16H,5H2,1-4H3/t16-/m1/s1. The molecule has 0 bridgehead atoms. The summed E-state index contributed by atoms with van der Waals surface area (Å²) in [5.74, 6) is 1.75. The fourth-order valence-electron chi connectivity index (χ4n) is 2.62. The average Bonchev–Trinajstić information content (AvgIpc) is 2.61. The molecule has 1 atom stereocenters. The van der Waals surface area contributed by atoms with Crippen LogP contribution in [0.4, 0.5) is 0 Å². The topological polar surface area (TPSA) is 44.8 Å². The molecule has 4 heteroatoms. The molecule has 0 spiro atoms. The van der Waals surface area contributed by atoms with Gasteiger partial charge in [0.2, 0.25) is 0 Å². The Morgan fingerprint density at radius 2 is 1.70 bits per heavy atom. The summed E-state index contributed by atoms with van der Waals surface area (Å²) in [6.07, 6.45) is 0.709. The Hall–Kier alpha value is -2.49. The minimum Gasteiger partial charge on any atom is -0.497 e. The number of benzene rings is 2. The maximum Gasteiger partial charge on any atom is 0.170 e. The predicted molar refractivity (Wildman–Crippen MR) is 89.9 cm³/mol. The molecule has 2 aromatic rings. The molecular formula is C19H22O4. The molecule has 0 saturated heterocycles. The summed E-state index contributed by atoms with van der Waals surface area (Å²) in [4.78, 5) is 12.9. The van der Waals surface area contributed by atoms with Gasteiger partial charge in [-0.2, -0.15) is 0 Å². The molecular weight excluding hydrogens is 292 g/mol. The molecule has 0 N–H and O–H groups in total. The summed E-state index contributed by atoms with van der Waals surface area (Å²) in [6, 6.07) is 12.9. The summed E-state index contributed by atoms with van der Waals surface area (Å²) in [7, 11) is 4.76. The van der Waals surface area contributed by atoms with Crippen LogP contribution >= 0.6 is 0 Å². The second-order valence-corrected chi connectivity index (χ2v) is 5.17. The van der Waals surface area contributed by atoms with Crippen molar-refractivity contribution in [1.29, 1.82) is 0 Å². The highest BCUT2D eigenvalue weighted by molar-refractivity contribution is 6.01. The van der Waals surface area contributed by atoms with Gasteiger partial charge in [0.15, 0.2) is 17.3 Å². The third-order valence-corrected chi connectivity index (χ3v) is 3.89. The van der Waals surface area contributed by atoms with E-state index in [2.05, 4.69) is 0 Å². The first-order chi connectivity index (χ1) is 11.1. The second-order valence-electron chi connectivity index (χ2n) is 5.17. The van der Waals surface area contributed by atoms with Crippen molar-refractivity contribution in [2.75, 3.05) is 21.3 Å². The minimum atomic E-state index is -0.219. The second kappa shape index (κ2) is 7.68. The van der Waals surface area contributed by atoms with E-state index in [0.29, 0.717) is 23.5 Å². The molecule has 0 saturated carbocycles. The Balaban J connectivity index is 2.36. The van der Waals surface area contributed by atoms with Gasteiger partial charge in [-0.1, -0.05) is 19.1 Å². The van der Waals surface area contributed by atoms with Gasteiger partial charge in [-0.15, -0.1) is 0 Å². The summed E-state index contributed by atoms with van der Waals surface area (Å²) in [5, 5.41) is 0. The highest BCUT2D eigenvalue weighted by Gasteiger charge is 2.22. The molecule has 0 unspecified atom stereocenters. The average molecular weight is 314 g/mol. The van der Waals surface area contributed by atoms with Gasteiger partial charge in [0.25, 0.3) is 0 Å². The quantitative estimate of drug-likeness (QED) is 0.722. The van der Waals surface area contributed by atoms with Crippen LogP contribution in [0.2, 0.25) is 0 Å². The van der Waals surface area contributed by atoms with Crippen molar-refractivity contribution in [3.8, 4) is 17.2 Å². The van der Waals surface area contributed by atoms with E-state index >= 15 is 0 Å². The first-order valence-electron chi connectivity index (χ1n) is 7.54. The van der Waals surface area contributed by atoms with Crippen LogP contribution in [0.5, 0.6) is 17.2 Å². The monoisotopic (exact) mass is 314 g/mol. The van der Waals surface area contributed by atoms with Crippen LogP contribution in [0.3, 0.4) is 0 Å². The van der Waals surface area contributed by atoms with Gasteiger partial charge in [-0.25, -0.2) is 0 Å². The molecule has 2 rings (SSSR count). The van der Waals surface area contributed by atoms with Crippen molar-refractivity contribution in [2.24, 2.45) is 0 Å². The normalized spacial score (nSPS) is 11.7. The van der Waals surface area contributed by atoms with Gasteiger partial charge < -0.3 is 14.2 Å². The number of methoxy groups -OCH3 is 3. The van der Waals surface area contributed by atoms with E-state index in [9.17, 15) is 4.79 Å². The van der Waals surface area contributed by atoms with Crippen molar-refractivity contribution in [3.05, 3.63) is 53.6 Å². The van der Waals surface area contributed by atoms with Crippen LogP contribution < -0.4 is 14.2 Å². The SMILES string of the molecule is CC[C@@H](C(=O)c1ccc(OC)c(OC)c1)c1cccc(OC)c1. The Morgan fingerprint density at radius 1 is 0.957 bits per heavy atom. The smallest absolute Gasteiger partial charge is 0.170 e. The molecule has 0 radical (unpaired) electrons. The molecule has 0 aliphatic carbocycles. The fourth-order valence-corrected chi connectivity index (χ4v) is 2.62. The number of ether oxygens (including phenoxy) is 3. The predicted octanol–water partition coefficient (Wildman–Crippen LogP) is 4.09. The van der Waals surface area contributed by atoms with Gasteiger partial charge in [0, 0.05) is 11.5 Å². The first-order valence-corrected chi connectivity index (χ1v) is 7.54. The van der Waals surface area contributed by atoms with E-state index in [1.54, 1.807) is 39.5 Å². The molecule has 2 aromatic carbocycles. The molecule has 122 valence electrons.